The minimum atomic E-state index is -5.00. The highest BCUT2D eigenvalue weighted by Crippen LogP contribution is 2.32. The Hall–Kier alpha value is -5.40. The molecule has 0 heterocycles. The van der Waals surface area contributed by atoms with Crippen LogP contribution in [0.5, 0.6) is 0 Å². The van der Waals surface area contributed by atoms with Gasteiger partial charge in [-0.15, -0.1) is 0 Å². The molecule has 0 unspecified atom stereocenters. The van der Waals surface area contributed by atoms with Crippen molar-refractivity contribution in [2.24, 2.45) is 0 Å². The van der Waals surface area contributed by atoms with E-state index >= 15 is 0 Å². The Kier molecular flexibility index (Phi) is 9.21. The van der Waals surface area contributed by atoms with Gasteiger partial charge in [0.2, 0.25) is 0 Å². The Bertz CT molecular complexity index is 2640. The first-order valence-electron chi connectivity index (χ1n) is 13.4. The van der Waals surface area contributed by atoms with Gasteiger partial charge in [0.05, 0.1) is 14.7 Å². The Balaban J connectivity index is 1.50. The number of nitrogens with zero attached hydrogens (tertiary/aromatic N) is 1. The quantitative estimate of drug-likeness (QED) is 0.0709. The number of hydrogen-bond acceptors (Lipinski definition) is 12. The van der Waals surface area contributed by atoms with Crippen LogP contribution in [0.15, 0.2) is 98.4 Å². The lowest BCUT2D eigenvalue weighted by Gasteiger charge is -2.12. The monoisotopic (exact) mass is 781 g/mol. The van der Waals surface area contributed by atoms with E-state index in [1.54, 1.807) is 0 Å². The average Bonchev–Trinajstić information content (AvgIpc) is 3.01. The van der Waals surface area contributed by atoms with E-state index in [0.29, 0.717) is 12.1 Å². The number of carbonyl (C=O) groups excluding carboxylic acids is 2. The molecule has 51 heavy (non-hydrogen) atoms. The van der Waals surface area contributed by atoms with Crippen molar-refractivity contribution in [2.75, 3.05) is 10.6 Å². The molecule has 6 N–H and O–H groups in total. The van der Waals surface area contributed by atoms with Crippen LogP contribution in [0, 0.1) is 10.1 Å². The summed E-state index contributed by atoms with van der Waals surface area (Å²) in [6, 6.07) is 11.9. The predicted molar refractivity (Wildman–Crippen MR) is 176 cm³/mol. The zero-order chi connectivity index (χ0) is 37.8. The van der Waals surface area contributed by atoms with Crippen LogP contribution in [0.25, 0.3) is 21.5 Å². The number of rotatable bonds is 9. The van der Waals surface area contributed by atoms with E-state index in [0.717, 1.165) is 66.7 Å². The maximum absolute atomic E-state index is 13.2. The van der Waals surface area contributed by atoms with E-state index in [9.17, 15) is 71.6 Å². The second-order valence-electron chi connectivity index (χ2n) is 10.5. The second-order valence-corrected chi connectivity index (χ2v) is 16.2. The Labute approximate surface area is 286 Å². The highest BCUT2D eigenvalue weighted by molar-refractivity contribution is 7.87. The topological polar surface area (TPSA) is 319 Å². The van der Waals surface area contributed by atoms with Crippen molar-refractivity contribution < 1.29 is 66.4 Å². The van der Waals surface area contributed by atoms with E-state index in [1.807, 2.05) is 0 Å². The van der Waals surface area contributed by atoms with Crippen molar-refractivity contribution in [2.45, 2.75) is 19.6 Å². The zero-order valence-corrected chi connectivity index (χ0v) is 28.0. The SMILES string of the molecule is O=C(Nc1ccc2c(S(=O)(=O)O)cc(S(=O)(=O)O)cc2c1)c1cc(C(=O)Nc2ccc3c(S(=O)(=O)O)cc(S(=O)(=O)O)cc3c2)cc([N+](=O)[O-])c1. The lowest BCUT2D eigenvalue weighted by Crippen LogP contribution is -2.16. The summed E-state index contributed by atoms with van der Waals surface area (Å²) in [7, 11) is -19.9. The standard InChI is InChI=1S/C28H19N3O16S4/c32-27(29-18-1-3-23-14(6-18)10-21(48(36,37)38)12-25(23)50(42,43)44)16-5-17(9-20(8-16)31(34)35)28(33)30-19-2-4-24-15(7-19)11-22(49(39,40)41)13-26(24)51(45,46)47/h1-13H,(H,29,32)(H,30,33)(H,36,37,38)(H,39,40,41)(H,42,43,44)(H,45,46,47). The van der Waals surface area contributed by atoms with E-state index in [1.165, 1.54) is 0 Å². The van der Waals surface area contributed by atoms with Gasteiger partial charge in [-0.25, -0.2) is 0 Å². The molecule has 266 valence electrons. The van der Waals surface area contributed by atoms with Crippen LogP contribution < -0.4 is 10.6 Å². The number of nitro groups is 1. The van der Waals surface area contributed by atoms with Gasteiger partial charge >= 0.3 is 0 Å². The van der Waals surface area contributed by atoms with Crippen molar-refractivity contribution in [1.29, 1.82) is 0 Å². The third-order valence-corrected chi connectivity index (χ3v) is 10.5. The van der Waals surface area contributed by atoms with Gasteiger partial charge in [0.25, 0.3) is 58.0 Å². The third kappa shape index (κ3) is 8.00. The molecule has 2 amide bonds. The van der Waals surface area contributed by atoms with Gasteiger partial charge in [0.1, 0.15) is 9.79 Å². The Morgan fingerprint density at radius 1 is 0.529 bits per heavy atom. The number of non-ortho nitro benzene ring substituents is 1. The normalized spacial score (nSPS) is 12.5. The molecule has 5 aromatic carbocycles. The molecular weight excluding hydrogens is 763 g/mol. The van der Waals surface area contributed by atoms with Crippen LogP contribution >= 0.6 is 0 Å². The smallest absolute Gasteiger partial charge is 0.295 e. The van der Waals surface area contributed by atoms with Crippen LogP contribution in [-0.4, -0.2) is 68.6 Å². The molecule has 0 aliphatic rings. The van der Waals surface area contributed by atoms with Gasteiger partial charge in [-0.3, -0.25) is 37.9 Å². The summed E-state index contributed by atoms with van der Waals surface area (Å²) in [5.41, 5.74) is -1.87. The van der Waals surface area contributed by atoms with Crippen molar-refractivity contribution in [3.8, 4) is 0 Å². The number of nitrogens with one attached hydrogen (secondary N) is 2. The number of anilines is 2. The molecule has 0 aliphatic carbocycles. The van der Waals surface area contributed by atoms with E-state index in [2.05, 4.69) is 10.6 Å². The Morgan fingerprint density at radius 2 is 0.902 bits per heavy atom. The molecule has 0 bridgehead atoms. The fraction of sp³-hybridized carbons (Fsp3) is 0. The predicted octanol–water partition coefficient (Wildman–Crippen LogP) is 3.39. The lowest BCUT2D eigenvalue weighted by atomic mass is 10.1. The largest absolute Gasteiger partial charge is 0.322 e. The molecule has 0 fully saturated rings. The molecule has 0 aliphatic heterocycles. The molecule has 0 spiro atoms. The van der Waals surface area contributed by atoms with E-state index in [4.69, 9.17) is 0 Å². The molecular formula is C28H19N3O16S4. The molecule has 0 aromatic heterocycles. The highest BCUT2D eigenvalue weighted by atomic mass is 32.2. The van der Waals surface area contributed by atoms with Crippen molar-refractivity contribution in [3.63, 3.8) is 0 Å². The molecule has 5 aromatic rings. The number of benzene rings is 5. The first-order valence-corrected chi connectivity index (χ1v) is 19.2. The van der Waals surface area contributed by atoms with Gasteiger partial charge in [-0.2, -0.15) is 33.7 Å². The third-order valence-electron chi connectivity index (χ3n) is 7.10. The van der Waals surface area contributed by atoms with E-state index in [-0.39, 0.29) is 32.9 Å². The molecule has 0 radical (unpaired) electrons. The average molecular weight is 782 g/mol. The van der Waals surface area contributed by atoms with Gasteiger partial charge < -0.3 is 10.6 Å². The Morgan fingerprint density at radius 3 is 1.22 bits per heavy atom. The maximum atomic E-state index is 13.2. The molecule has 5 rings (SSSR count). The van der Waals surface area contributed by atoms with Crippen LogP contribution in [0.4, 0.5) is 17.1 Å². The van der Waals surface area contributed by atoms with Crippen LogP contribution in [0.2, 0.25) is 0 Å². The first kappa shape index (κ1) is 36.9. The summed E-state index contributed by atoms with van der Waals surface area (Å²) in [5.74, 6) is -2.09. The van der Waals surface area contributed by atoms with Crippen LogP contribution in [0.3, 0.4) is 0 Å². The summed E-state index contributed by atoms with van der Waals surface area (Å²) in [6.07, 6.45) is 0. The fourth-order valence-electron chi connectivity index (χ4n) is 4.88. The molecule has 0 saturated heterocycles. The van der Waals surface area contributed by atoms with Crippen LogP contribution in [0.1, 0.15) is 20.7 Å². The lowest BCUT2D eigenvalue weighted by molar-refractivity contribution is -0.384. The molecule has 0 atom stereocenters. The zero-order valence-electron chi connectivity index (χ0n) is 24.8. The van der Waals surface area contributed by atoms with Gasteiger partial charge in [-0.05, 0) is 65.4 Å². The number of carbonyl (C=O) groups is 2. The number of fused-ring (bicyclic) bond motifs is 2. The number of nitro benzene ring substituents is 1. The van der Waals surface area contributed by atoms with E-state index < -0.39 is 93.6 Å². The van der Waals surface area contributed by atoms with Gasteiger partial charge in [0, 0.05) is 45.4 Å². The van der Waals surface area contributed by atoms with Crippen molar-refractivity contribution in [3.05, 3.63) is 100 Å². The summed E-state index contributed by atoms with van der Waals surface area (Å²) in [5, 5.41) is 15.6. The number of hydrogen-bond donors (Lipinski definition) is 6. The van der Waals surface area contributed by atoms with Gasteiger partial charge in [0.15, 0.2) is 0 Å². The van der Waals surface area contributed by atoms with Gasteiger partial charge in [-0.1, -0.05) is 12.1 Å². The second kappa shape index (κ2) is 12.7. The maximum Gasteiger partial charge on any atom is 0.295 e. The summed E-state index contributed by atoms with van der Waals surface area (Å²) in [4.78, 5) is 33.6. The van der Waals surface area contributed by atoms with Crippen LogP contribution in [-0.2, 0) is 40.5 Å². The minimum Gasteiger partial charge on any atom is -0.322 e. The first-order chi connectivity index (χ1) is 23.4. The molecule has 0 saturated carbocycles. The minimum absolute atomic E-state index is 0.122. The summed E-state index contributed by atoms with van der Waals surface area (Å²) < 4.78 is 132. The fourth-order valence-corrected chi connectivity index (χ4v) is 7.60. The molecule has 23 heteroatoms. The summed E-state index contributed by atoms with van der Waals surface area (Å²) in [6.45, 7) is 0. The highest BCUT2D eigenvalue weighted by Gasteiger charge is 2.24. The number of amides is 2. The van der Waals surface area contributed by atoms with Crippen molar-refractivity contribution in [1.82, 2.24) is 0 Å². The summed E-state index contributed by atoms with van der Waals surface area (Å²) >= 11 is 0. The molecule has 19 nitrogen and oxygen atoms in total. The van der Waals surface area contributed by atoms with Crippen molar-refractivity contribution >= 4 is 90.9 Å².